The number of nitrogens with one attached hydrogen (secondary N) is 1. The van der Waals surface area contributed by atoms with Crippen LogP contribution in [0.4, 0.5) is 0 Å². The van der Waals surface area contributed by atoms with Crippen LogP contribution in [0.3, 0.4) is 0 Å². The van der Waals surface area contributed by atoms with E-state index in [4.69, 9.17) is 5.11 Å². The first-order valence-corrected chi connectivity index (χ1v) is 6.30. The molecule has 0 bridgehead atoms. The fraction of sp³-hybridized carbons (Fsp3) is 0.833. The number of nitrogens with zero attached hydrogens (tertiary/aromatic N) is 1. The fourth-order valence-corrected chi connectivity index (χ4v) is 2.28. The minimum atomic E-state index is -0.949. The topological polar surface area (TPSA) is 69.6 Å². The van der Waals surface area contributed by atoms with Gasteiger partial charge in [-0.15, -0.1) is 0 Å². The van der Waals surface area contributed by atoms with Crippen LogP contribution in [0.5, 0.6) is 0 Å². The zero-order valence-electron chi connectivity index (χ0n) is 10.6. The number of carbonyl (C=O) groups is 2. The van der Waals surface area contributed by atoms with E-state index in [2.05, 4.69) is 5.32 Å². The molecule has 0 aromatic heterocycles. The lowest BCUT2D eigenvalue weighted by molar-refractivity contribution is -0.146. The highest BCUT2D eigenvalue weighted by molar-refractivity contribution is 5.85. The molecule has 1 rings (SSSR count). The Kier molecular flexibility index (Phi) is 5.41. The third kappa shape index (κ3) is 4.00. The van der Waals surface area contributed by atoms with E-state index in [9.17, 15) is 9.59 Å². The van der Waals surface area contributed by atoms with Gasteiger partial charge in [0.05, 0.1) is 6.04 Å². The third-order valence-corrected chi connectivity index (χ3v) is 3.17. The summed E-state index contributed by atoms with van der Waals surface area (Å²) in [6.07, 6.45) is 2.88. The molecule has 0 aromatic carbocycles. The SMILES string of the molecule is CCCN(CC(=O)O)C(=O)C1NCCCC1C. The molecule has 17 heavy (non-hydrogen) atoms. The number of rotatable bonds is 5. The smallest absolute Gasteiger partial charge is 0.323 e. The molecule has 1 saturated heterocycles. The molecule has 5 heteroatoms. The van der Waals surface area contributed by atoms with Crippen molar-refractivity contribution in [3.63, 3.8) is 0 Å². The number of carboxylic acid groups (broad SMARTS) is 1. The Balaban J connectivity index is 2.64. The zero-order chi connectivity index (χ0) is 12.8. The first-order valence-electron chi connectivity index (χ1n) is 6.30. The van der Waals surface area contributed by atoms with Gasteiger partial charge in [0.1, 0.15) is 6.54 Å². The molecule has 1 heterocycles. The van der Waals surface area contributed by atoms with Gasteiger partial charge < -0.3 is 15.3 Å². The number of carboxylic acids is 1. The molecule has 98 valence electrons. The summed E-state index contributed by atoms with van der Waals surface area (Å²) in [6, 6.07) is -0.213. The molecule has 0 saturated carbocycles. The van der Waals surface area contributed by atoms with Crippen LogP contribution >= 0.6 is 0 Å². The van der Waals surface area contributed by atoms with Crippen LogP contribution in [0.15, 0.2) is 0 Å². The average molecular weight is 242 g/mol. The standard InChI is InChI=1S/C12H22N2O3/c1-3-7-14(8-10(15)16)12(17)11-9(2)5-4-6-13-11/h9,11,13H,3-8H2,1-2H3,(H,15,16). The number of hydrogen-bond acceptors (Lipinski definition) is 3. The molecule has 2 atom stereocenters. The molecule has 1 amide bonds. The second kappa shape index (κ2) is 6.59. The van der Waals surface area contributed by atoms with Crippen molar-refractivity contribution in [2.45, 2.75) is 39.2 Å². The van der Waals surface area contributed by atoms with E-state index < -0.39 is 5.97 Å². The summed E-state index contributed by atoms with van der Waals surface area (Å²) in [5.41, 5.74) is 0. The van der Waals surface area contributed by atoms with Crippen LogP contribution < -0.4 is 5.32 Å². The van der Waals surface area contributed by atoms with Gasteiger partial charge in [0.2, 0.25) is 5.91 Å². The van der Waals surface area contributed by atoms with Crippen molar-refractivity contribution in [1.82, 2.24) is 10.2 Å². The highest BCUT2D eigenvalue weighted by atomic mass is 16.4. The maximum atomic E-state index is 12.2. The quantitative estimate of drug-likeness (QED) is 0.744. The Morgan fingerprint density at radius 2 is 2.18 bits per heavy atom. The van der Waals surface area contributed by atoms with E-state index in [0.29, 0.717) is 6.54 Å². The molecule has 2 N–H and O–H groups in total. The highest BCUT2D eigenvalue weighted by Crippen LogP contribution is 2.17. The fourth-order valence-electron chi connectivity index (χ4n) is 2.28. The molecule has 0 aromatic rings. The first kappa shape index (κ1) is 14.0. The van der Waals surface area contributed by atoms with Crippen molar-refractivity contribution in [3.8, 4) is 0 Å². The maximum Gasteiger partial charge on any atom is 0.323 e. The number of piperidine rings is 1. The van der Waals surface area contributed by atoms with E-state index in [0.717, 1.165) is 25.8 Å². The lowest BCUT2D eigenvalue weighted by Gasteiger charge is -2.33. The van der Waals surface area contributed by atoms with Gasteiger partial charge in [-0.05, 0) is 31.7 Å². The Morgan fingerprint density at radius 3 is 2.71 bits per heavy atom. The van der Waals surface area contributed by atoms with Gasteiger partial charge in [0.15, 0.2) is 0 Å². The zero-order valence-corrected chi connectivity index (χ0v) is 10.6. The van der Waals surface area contributed by atoms with E-state index in [1.165, 1.54) is 4.90 Å². The molecule has 5 nitrogen and oxygen atoms in total. The molecule has 0 aliphatic carbocycles. The normalized spacial score (nSPS) is 24.4. The Labute approximate surface area is 102 Å². The van der Waals surface area contributed by atoms with Crippen LogP contribution in [0.2, 0.25) is 0 Å². The second-order valence-corrected chi connectivity index (χ2v) is 4.70. The van der Waals surface area contributed by atoms with Crippen LogP contribution in [0.25, 0.3) is 0 Å². The number of hydrogen-bond donors (Lipinski definition) is 2. The van der Waals surface area contributed by atoms with Crippen molar-refractivity contribution in [3.05, 3.63) is 0 Å². The van der Waals surface area contributed by atoms with Gasteiger partial charge >= 0.3 is 5.97 Å². The molecule has 2 unspecified atom stereocenters. The number of carbonyl (C=O) groups excluding carboxylic acids is 1. The van der Waals surface area contributed by atoms with Crippen LogP contribution in [0, 0.1) is 5.92 Å². The molecular weight excluding hydrogens is 220 g/mol. The predicted molar refractivity (Wildman–Crippen MR) is 64.7 cm³/mol. The molecule has 1 fully saturated rings. The van der Waals surface area contributed by atoms with Gasteiger partial charge in [-0.25, -0.2) is 0 Å². The summed E-state index contributed by atoms with van der Waals surface area (Å²) in [5.74, 6) is -0.735. The van der Waals surface area contributed by atoms with Gasteiger partial charge in [0.25, 0.3) is 0 Å². The van der Waals surface area contributed by atoms with Crippen molar-refractivity contribution >= 4 is 11.9 Å². The van der Waals surface area contributed by atoms with Crippen LogP contribution in [-0.2, 0) is 9.59 Å². The summed E-state index contributed by atoms with van der Waals surface area (Å²) in [7, 11) is 0. The van der Waals surface area contributed by atoms with Crippen molar-refractivity contribution < 1.29 is 14.7 Å². The van der Waals surface area contributed by atoms with Crippen molar-refractivity contribution in [2.75, 3.05) is 19.6 Å². The largest absolute Gasteiger partial charge is 0.480 e. The molecule has 1 aliphatic heterocycles. The lowest BCUT2D eigenvalue weighted by atomic mass is 9.92. The summed E-state index contributed by atoms with van der Waals surface area (Å²) in [5, 5.41) is 12.0. The Bertz CT molecular complexity index is 281. The van der Waals surface area contributed by atoms with Gasteiger partial charge in [-0.1, -0.05) is 13.8 Å². The molecule has 0 spiro atoms. The van der Waals surface area contributed by atoms with Crippen molar-refractivity contribution in [2.24, 2.45) is 5.92 Å². The van der Waals surface area contributed by atoms with E-state index in [1.54, 1.807) is 0 Å². The molecule has 0 radical (unpaired) electrons. The monoisotopic (exact) mass is 242 g/mol. The van der Waals surface area contributed by atoms with Gasteiger partial charge in [-0.2, -0.15) is 0 Å². The number of aliphatic carboxylic acids is 1. The molecular formula is C12H22N2O3. The minimum absolute atomic E-state index is 0.0681. The number of amides is 1. The average Bonchev–Trinajstić information content (AvgIpc) is 2.28. The summed E-state index contributed by atoms with van der Waals surface area (Å²) in [6.45, 7) is 5.14. The lowest BCUT2D eigenvalue weighted by Crippen LogP contribution is -2.53. The summed E-state index contributed by atoms with van der Waals surface area (Å²) in [4.78, 5) is 24.4. The van der Waals surface area contributed by atoms with Crippen LogP contribution in [-0.4, -0.2) is 47.6 Å². The summed E-state index contributed by atoms with van der Waals surface area (Å²) >= 11 is 0. The van der Waals surface area contributed by atoms with Gasteiger partial charge in [-0.3, -0.25) is 9.59 Å². The third-order valence-electron chi connectivity index (χ3n) is 3.17. The van der Waals surface area contributed by atoms with E-state index in [-0.39, 0.29) is 24.4 Å². The summed E-state index contributed by atoms with van der Waals surface area (Å²) < 4.78 is 0. The Hall–Kier alpha value is -1.10. The molecule has 1 aliphatic rings. The second-order valence-electron chi connectivity index (χ2n) is 4.70. The van der Waals surface area contributed by atoms with Gasteiger partial charge in [0, 0.05) is 6.54 Å². The van der Waals surface area contributed by atoms with E-state index in [1.807, 2.05) is 13.8 Å². The predicted octanol–water partition coefficient (Wildman–Crippen LogP) is 0.698. The first-order chi connectivity index (χ1) is 8.06. The van der Waals surface area contributed by atoms with Crippen molar-refractivity contribution in [1.29, 1.82) is 0 Å². The highest BCUT2D eigenvalue weighted by Gasteiger charge is 2.31. The van der Waals surface area contributed by atoms with E-state index >= 15 is 0 Å². The van der Waals surface area contributed by atoms with Crippen LogP contribution in [0.1, 0.15) is 33.1 Å². The Morgan fingerprint density at radius 1 is 1.47 bits per heavy atom. The maximum absolute atomic E-state index is 12.2. The minimum Gasteiger partial charge on any atom is -0.480 e.